The number of aromatic nitrogens is 1. The first-order valence-corrected chi connectivity index (χ1v) is 12.4. The second kappa shape index (κ2) is 9.70. The Morgan fingerprint density at radius 3 is 2.33 bits per heavy atom. The van der Waals surface area contributed by atoms with E-state index in [1.807, 2.05) is 32.5 Å². The van der Waals surface area contributed by atoms with Crippen LogP contribution in [0.3, 0.4) is 0 Å². The second-order valence-corrected chi connectivity index (χ2v) is 10.8. The number of sulfonamides is 1. The van der Waals surface area contributed by atoms with Gasteiger partial charge in [-0.15, -0.1) is 11.3 Å². The van der Waals surface area contributed by atoms with Gasteiger partial charge >= 0.3 is 0 Å². The number of rotatable bonds is 8. The zero-order valence-electron chi connectivity index (χ0n) is 18.6. The van der Waals surface area contributed by atoms with Crippen molar-refractivity contribution in [3.05, 3.63) is 69.8 Å². The van der Waals surface area contributed by atoms with Crippen LogP contribution in [0.15, 0.2) is 46.1 Å². The van der Waals surface area contributed by atoms with Crippen molar-refractivity contribution in [2.75, 3.05) is 17.1 Å². The number of benzene rings is 2. The minimum atomic E-state index is -4.52. The molecule has 6 nitrogen and oxygen atoms in total. The highest BCUT2D eigenvalue weighted by Gasteiger charge is 2.26. The van der Waals surface area contributed by atoms with Crippen LogP contribution in [0.2, 0.25) is 0 Å². The summed E-state index contributed by atoms with van der Waals surface area (Å²) in [5.74, 6) is -3.04. The minimum absolute atomic E-state index is 0.0176. The maximum absolute atomic E-state index is 14.6. The lowest BCUT2D eigenvalue weighted by Crippen LogP contribution is -2.37. The van der Waals surface area contributed by atoms with Crippen LogP contribution in [0.5, 0.6) is 0 Å². The molecule has 178 valence electrons. The Kier molecular flexibility index (Phi) is 7.35. The first kappa shape index (κ1) is 25.0. The lowest BCUT2D eigenvalue weighted by molar-refractivity contribution is 0.167. The number of nitrogens with zero attached hydrogens (tertiary/aromatic N) is 2. The third kappa shape index (κ3) is 6.04. The van der Waals surface area contributed by atoms with Crippen LogP contribution in [0.1, 0.15) is 31.9 Å². The standard InChI is InChI=1S/C22H25F3N4O2S2/c1-22(2,3)29(4)11-14-6-5-7-17(23)16(14)10-26-15-8-18(24)21(19(25)9-15)33(30,31)28-20-12-32-13-27-20/h5-9,12-13,26,28H,10-11H2,1-4H3. The van der Waals surface area contributed by atoms with E-state index >= 15 is 0 Å². The van der Waals surface area contributed by atoms with Gasteiger partial charge in [0.15, 0.2) is 10.7 Å². The van der Waals surface area contributed by atoms with Crippen molar-refractivity contribution in [3.63, 3.8) is 0 Å². The molecule has 3 rings (SSSR count). The Bertz CT molecular complexity index is 1200. The van der Waals surface area contributed by atoms with E-state index in [-0.39, 0.29) is 23.6 Å². The van der Waals surface area contributed by atoms with E-state index in [9.17, 15) is 21.6 Å². The molecule has 2 aromatic carbocycles. The van der Waals surface area contributed by atoms with Crippen molar-refractivity contribution < 1.29 is 21.6 Å². The average Bonchev–Trinajstić information content (AvgIpc) is 3.18. The molecule has 1 aromatic heterocycles. The number of anilines is 2. The highest BCUT2D eigenvalue weighted by atomic mass is 32.2. The molecule has 0 radical (unpaired) electrons. The summed E-state index contributed by atoms with van der Waals surface area (Å²) in [6.45, 7) is 6.54. The lowest BCUT2D eigenvalue weighted by atomic mass is 10.0. The molecule has 1 heterocycles. The summed E-state index contributed by atoms with van der Waals surface area (Å²) in [6, 6.07) is 6.45. The topological polar surface area (TPSA) is 74.3 Å². The number of nitrogens with one attached hydrogen (secondary N) is 2. The van der Waals surface area contributed by atoms with Crippen molar-refractivity contribution >= 4 is 32.9 Å². The predicted molar refractivity (Wildman–Crippen MR) is 124 cm³/mol. The zero-order valence-corrected chi connectivity index (χ0v) is 20.2. The summed E-state index contributed by atoms with van der Waals surface area (Å²) in [7, 11) is -2.60. The molecule has 0 fully saturated rings. The smallest absolute Gasteiger partial charge is 0.268 e. The van der Waals surface area contributed by atoms with Gasteiger partial charge in [0.05, 0.1) is 5.51 Å². The molecular weight excluding hydrogens is 473 g/mol. The number of halogens is 3. The van der Waals surface area contributed by atoms with Gasteiger partial charge in [0, 0.05) is 35.3 Å². The van der Waals surface area contributed by atoms with E-state index in [4.69, 9.17) is 0 Å². The maximum Gasteiger partial charge on any atom is 0.268 e. The highest BCUT2D eigenvalue weighted by molar-refractivity contribution is 7.92. The molecule has 0 saturated carbocycles. The molecule has 0 atom stereocenters. The molecule has 11 heteroatoms. The van der Waals surface area contributed by atoms with Crippen LogP contribution in [0.25, 0.3) is 0 Å². The van der Waals surface area contributed by atoms with Gasteiger partial charge < -0.3 is 5.32 Å². The van der Waals surface area contributed by atoms with E-state index in [0.29, 0.717) is 12.1 Å². The van der Waals surface area contributed by atoms with Crippen LogP contribution in [0, 0.1) is 17.5 Å². The lowest BCUT2D eigenvalue weighted by Gasteiger charge is -2.32. The molecule has 0 aliphatic rings. The number of thiazole rings is 1. The molecule has 0 amide bonds. The zero-order chi connectivity index (χ0) is 24.4. The molecule has 33 heavy (non-hydrogen) atoms. The van der Waals surface area contributed by atoms with E-state index < -0.39 is 32.4 Å². The van der Waals surface area contributed by atoms with Gasteiger partial charge in [-0.3, -0.25) is 9.62 Å². The summed E-state index contributed by atoms with van der Waals surface area (Å²) < 4.78 is 70.7. The molecule has 0 aliphatic heterocycles. The summed E-state index contributed by atoms with van der Waals surface area (Å²) in [5.41, 5.74) is 2.31. The molecule has 0 unspecified atom stereocenters. The van der Waals surface area contributed by atoms with Crippen molar-refractivity contribution in [2.45, 2.75) is 44.3 Å². The Morgan fingerprint density at radius 2 is 1.76 bits per heavy atom. The fourth-order valence-electron chi connectivity index (χ4n) is 3.00. The SMILES string of the molecule is CN(Cc1cccc(F)c1CNc1cc(F)c(S(=O)(=O)Nc2cscn2)c(F)c1)C(C)(C)C. The second-order valence-electron chi connectivity index (χ2n) is 8.51. The predicted octanol–water partition coefficient (Wildman–Crippen LogP) is 5.20. The molecule has 0 aliphatic carbocycles. The Labute approximate surface area is 195 Å². The Hall–Kier alpha value is -2.63. The fraction of sp³-hybridized carbons (Fsp3) is 0.318. The molecule has 0 bridgehead atoms. The first-order chi connectivity index (χ1) is 15.4. The minimum Gasteiger partial charge on any atom is -0.381 e. The van der Waals surface area contributed by atoms with Crippen LogP contribution in [-0.2, 0) is 23.1 Å². The summed E-state index contributed by atoms with van der Waals surface area (Å²) >= 11 is 1.13. The molecule has 0 spiro atoms. The van der Waals surface area contributed by atoms with Crippen LogP contribution in [0.4, 0.5) is 24.7 Å². The Morgan fingerprint density at radius 1 is 1.09 bits per heavy atom. The van der Waals surface area contributed by atoms with E-state index in [1.54, 1.807) is 12.1 Å². The average molecular weight is 499 g/mol. The summed E-state index contributed by atoms with van der Waals surface area (Å²) in [6.07, 6.45) is 0. The number of hydrogen-bond acceptors (Lipinski definition) is 6. The third-order valence-corrected chi connectivity index (χ3v) is 7.17. The van der Waals surface area contributed by atoms with Crippen molar-refractivity contribution in [3.8, 4) is 0 Å². The fourth-order valence-corrected chi connectivity index (χ4v) is 4.68. The maximum atomic E-state index is 14.6. The van der Waals surface area contributed by atoms with E-state index in [0.717, 1.165) is 29.0 Å². The van der Waals surface area contributed by atoms with Crippen molar-refractivity contribution in [1.82, 2.24) is 9.88 Å². The third-order valence-electron chi connectivity index (χ3n) is 5.18. The molecular formula is C22H25F3N4O2S2. The highest BCUT2D eigenvalue weighted by Crippen LogP contribution is 2.27. The molecule has 2 N–H and O–H groups in total. The van der Waals surface area contributed by atoms with Crippen LogP contribution < -0.4 is 10.0 Å². The van der Waals surface area contributed by atoms with Crippen molar-refractivity contribution in [1.29, 1.82) is 0 Å². The quantitative estimate of drug-likeness (QED) is 0.446. The number of hydrogen-bond donors (Lipinski definition) is 2. The monoisotopic (exact) mass is 498 g/mol. The van der Waals surface area contributed by atoms with Crippen molar-refractivity contribution in [2.24, 2.45) is 0 Å². The summed E-state index contributed by atoms with van der Waals surface area (Å²) in [5, 5.41) is 4.19. The van der Waals surface area contributed by atoms with Gasteiger partial charge in [-0.2, -0.15) is 0 Å². The van der Waals surface area contributed by atoms with Gasteiger partial charge in [0.2, 0.25) is 0 Å². The Balaban J connectivity index is 1.82. The van der Waals surface area contributed by atoms with Gasteiger partial charge in [0.25, 0.3) is 10.0 Å². The van der Waals surface area contributed by atoms with Gasteiger partial charge in [0.1, 0.15) is 17.5 Å². The molecule has 0 saturated heterocycles. The molecule has 3 aromatic rings. The van der Waals surface area contributed by atoms with Gasteiger partial charge in [-0.05, 0) is 51.6 Å². The van der Waals surface area contributed by atoms with Gasteiger partial charge in [-0.25, -0.2) is 26.6 Å². The largest absolute Gasteiger partial charge is 0.381 e. The van der Waals surface area contributed by atoms with Crippen LogP contribution >= 0.6 is 11.3 Å². The first-order valence-electron chi connectivity index (χ1n) is 10.00. The summed E-state index contributed by atoms with van der Waals surface area (Å²) in [4.78, 5) is 4.69. The van der Waals surface area contributed by atoms with Crippen LogP contribution in [-0.4, -0.2) is 30.9 Å². The van der Waals surface area contributed by atoms with E-state index in [2.05, 4.69) is 15.2 Å². The van der Waals surface area contributed by atoms with Gasteiger partial charge in [-0.1, -0.05) is 12.1 Å². The van der Waals surface area contributed by atoms with E-state index in [1.165, 1.54) is 17.0 Å². The normalized spacial score (nSPS) is 12.2.